The normalized spacial score (nSPS) is 18.9. The zero-order valence-electron chi connectivity index (χ0n) is 15.9. The number of carbonyl (C=O) groups excluding carboxylic acids is 1. The third-order valence-corrected chi connectivity index (χ3v) is 6.61. The van der Waals surface area contributed by atoms with Crippen molar-refractivity contribution in [1.29, 1.82) is 0 Å². The maximum absolute atomic E-state index is 13.0. The molecule has 7 heteroatoms. The highest BCUT2D eigenvalue weighted by Gasteiger charge is 2.27. The molecule has 1 aliphatic rings. The average Bonchev–Trinajstić information content (AvgIpc) is 2.81. The molecule has 0 aliphatic carbocycles. The molecule has 3 rings (SSSR count). The minimum atomic E-state index is -3.67. The number of nitrogens with zero attached hydrogens (tertiary/aromatic N) is 2. The Morgan fingerprint density at radius 3 is 2.85 bits per heavy atom. The van der Waals surface area contributed by atoms with Crippen molar-refractivity contribution in [2.24, 2.45) is 5.92 Å². The second-order valence-electron chi connectivity index (χ2n) is 7.56. The number of hydrogen-bond donors (Lipinski definition) is 1. The highest BCUT2D eigenvalue weighted by molar-refractivity contribution is 7.89. The summed E-state index contributed by atoms with van der Waals surface area (Å²) in [5.74, 6) is 0.657. The predicted octanol–water partition coefficient (Wildman–Crippen LogP) is 2.94. The van der Waals surface area contributed by atoms with Crippen molar-refractivity contribution in [3.05, 3.63) is 36.7 Å². The van der Waals surface area contributed by atoms with Gasteiger partial charge in [-0.3, -0.25) is 9.78 Å². The molecule has 0 radical (unpaired) electrons. The molecule has 146 valence electrons. The number of rotatable bonds is 6. The van der Waals surface area contributed by atoms with Gasteiger partial charge in [0.1, 0.15) is 0 Å². The summed E-state index contributed by atoms with van der Waals surface area (Å²) in [6.07, 6.45) is 5.76. The van der Waals surface area contributed by atoms with E-state index in [4.69, 9.17) is 0 Å². The number of nitrogens with one attached hydrogen (secondary N) is 1. The van der Waals surface area contributed by atoms with Crippen molar-refractivity contribution < 1.29 is 13.2 Å². The maximum atomic E-state index is 13.0. The lowest BCUT2D eigenvalue weighted by atomic mass is 10.1. The van der Waals surface area contributed by atoms with Crippen molar-refractivity contribution >= 4 is 26.7 Å². The summed E-state index contributed by atoms with van der Waals surface area (Å²) < 4.78 is 28.8. The van der Waals surface area contributed by atoms with Crippen LogP contribution in [0.4, 0.5) is 0 Å². The first-order valence-electron chi connectivity index (χ1n) is 9.49. The van der Waals surface area contributed by atoms with Crippen LogP contribution in [-0.4, -0.2) is 43.3 Å². The molecule has 1 atom stereocenters. The van der Waals surface area contributed by atoms with Gasteiger partial charge in [0.15, 0.2) is 0 Å². The number of fused-ring (bicyclic) bond motifs is 1. The van der Waals surface area contributed by atoms with E-state index in [0.717, 1.165) is 18.4 Å². The van der Waals surface area contributed by atoms with Gasteiger partial charge in [0, 0.05) is 48.7 Å². The van der Waals surface area contributed by atoms with Crippen molar-refractivity contribution in [2.75, 3.05) is 13.1 Å². The molecular weight excluding hydrogens is 362 g/mol. The molecule has 1 amide bonds. The third-order valence-electron chi connectivity index (χ3n) is 5.04. The number of aromatic nitrogens is 1. The molecule has 1 saturated heterocycles. The summed E-state index contributed by atoms with van der Waals surface area (Å²) in [5, 5.41) is 1.44. The van der Waals surface area contributed by atoms with Crippen LogP contribution in [0.15, 0.2) is 41.6 Å². The summed E-state index contributed by atoms with van der Waals surface area (Å²) in [6.45, 7) is 5.61. The molecule has 1 unspecified atom stereocenters. The SMILES string of the molecule is CC(C)CCN1CCC(NS(=O)(=O)c2cccc3cnccc23)CCC1=O. The first-order valence-corrected chi connectivity index (χ1v) is 11.0. The lowest BCUT2D eigenvalue weighted by Crippen LogP contribution is -2.36. The lowest BCUT2D eigenvalue weighted by molar-refractivity contribution is -0.130. The number of likely N-dealkylation sites (tertiary alicyclic amines) is 1. The minimum Gasteiger partial charge on any atom is -0.343 e. The van der Waals surface area contributed by atoms with Crippen molar-refractivity contribution in [3.8, 4) is 0 Å². The Bertz CT molecular complexity index is 906. The van der Waals surface area contributed by atoms with Gasteiger partial charge in [0.25, 0.3) is 0 Å². The average molecular weight is 390 g/mol. The zero-order valence-corrected chi connectivity index (χ0v) is 16.7. The fourth-order valence-electron chi connectivity index (χ4n) is 3.41. The van der Waals surface area contributed by atoms with E-state index >= 15 is 0 Å². The van der Waals surface area contributed by atoms with E-state index in [2.05, 4.69) is 23.6 Å². The van der Waals surface area contributed by atoms with Crippen LogP contribution in [0.25, 0.3) is 10.8 Å². The molecule has 1 aromatic carbocycles. The molecule has 1 fully saturated rings. The first kappa shape index (κ1) is 19.8. The van der Waals surface area contributed by atoms with Crippen LogP contribution in [0.5, 0.6) is 0 Å². The van der Waals surface area contributed by atoms with Crippen LogP contribution in [0.3, 0.4) is 0 Å². The summed E-state index contributed by atoms with van der Waals surface area (Å²) in [4.78, 5) is 18.5. The van der Waals surface area contributed by atoms with Crippen LogP contribution in [0, 0.1) is 5.92 Å². The van der Waals surface area contributed by atoms with E-state index in [1.54, 1.807) is 30.6 Å². The lowest BCUT2D eigenvalue weighted by Gasteiger charge is -2.22. The molecule has 0 spiro atoms. The summed E-state index contributed by atoms with van der Waals surface area (Å²) in [7, 11) is -3.67. The number of hydrogen-bond acceptors (Lipinski definition) is 4. The molecule has 0 bridgehead atoms. The molecular formula is C20H27N3O3S. The topological polar surface area (TPSA) is 79.4 Å². The van der Waals surface area contributed by atoms with Crippen LogP contribution < -0.4 is 4.72 Å². The molecule has 1 N–H and O–H groups in total. The van der Waals surface area contributed by atoms with E-state index < -0.39 is 10.0 Å². The van der Waals surface area contributed by atoms with Crippen molar-refractivity contribution in [1.82, 2.24) is 14.6 Å². The van der Waals surface area contributed by atoms with Crippen LogP contribution >= 0.6 is 0 Å². The largest absolute Gasteiger partial charge is 0.343 e. The Kier molecular flexibility index (Phi) is 6.11. The smallest absolute Gasteiger partial charge is 0.241 e. The second-order valence-corrected chi connectivity index (χ2v) is 9.24. The van der Waals surface area contributed by atoms with Gasteiger partial charge < -0.3 is 4.90 Å². The van der Waals surface area contributed by atoms with Gasteiger partial charge in [0.05, 0.1) is 4.90 Å². The van der Waals surface area contributed by atoms with Crippen molar-refractivity contribution in [2.45, 2.75) is 50.5 Å². The van der Waals surface area contributed by atoms with Gasteiger partial charge in [0.2, 0.25) is 15.9 Å². The number of amides is 1. The Labute approximate surface area is 161 Å². The fraction of sp³-hybridized carbons (Fsp3) is 0.500. The molecule has 27 heavy (non-hydrogen) atoms. The molecule has 2 heterocycles. The summed E-state index contributed by atoms with van der Waals surface area (Å²) in [6, 6.07) is 6.66. The van der Waals surface area contributed by atoms with Gasteiger partial charge in [-0.1, -0.05) is 26.0 Å². The molecule has 1 aromatic heterocycles. The number of benzene rings is 1. The van der Waals surface area contributed by atoms with Crippen molar-refractivity contribution in [3.63, 3.8) is 0 Å². The summed E-state index contributed by atoms with van der Waals surface area (Å²) >= 11 is 0. The van der Waals surface area contributed by atoms with E-state index in [1.165, 1.54) is 0 Å². The molecule has 1 aliphatic heterocycles. The minimum absolute atomic E-state index is 0.119. The number of sulfonamides is 1. The Morgan fingerprint density at radius 2 is 2.07 bits per heavy atom. The third kappa shape index (κ3) is 4.84. The highest BCUT2D eigenvalue weighted by Crippen LogP contribution is 2.23. The number of carbonyl (C=O) groups is 1. The van der Waals surface area contributed by atoms with E-state index in [9.17, 15) is 13.2 Å². The zero-order chi connectivity index (χ0) is 19.4. The molecule has 0 saturated carbocycles. The van der Waals surface area contributed by atoms with Crippen LogP contribution in [0.2, 0.25) is 0 Å². The summed E-state index contributed by atoms with van der Waals surface area (Å²) in [5.41, 5.74) is 0. The predicted molar refractivity (Wildman–Crippen MR) is 106 cm³/mol. The number of pyridine rings is 1. The van der Waals surface area contributed by atoms with Crippen LogP contribution in [0.1, 0.15) is 39.5 Å². The molecule has 2 aromatic rings. The molecule has 6 nitrogen and oxygen atoms in total. The Hall–Kier alpha value is -1.99. The van der Waals surface area contributed by atoms with E-state index in [-0.39, 0.29) is 16.8 Å². The van der Waals surface area contributed by atoms with E-state index in [1.807, 2.05) is 11.0 Å². The van der Waals surface area contributed by atoms with Gasteiger partial charge >= 0.3 is 0 Å². The first-order chi connectivity index (χ1) is 12.9. The fourth-order valence-corrected chi connectivity index (χ4v) is 4.95. The standard InChI is InChI=1S/C20H27N3O3S/c1-15(2)9-12-23-13-10-17(6-7-20(23)24)22-27(25,26)19-5-3-4-16-14-21-11-8-18(16)19/h3-5,8,11,14-15,17,22H,6-7,9-10,12-13H2,1-2H3. The quantitative estimate of drug-likeness (QED) is 0.824. The monoisotopic (exact) mass is 389 g/mol. The second kappa shape index (κ2) is 8.35. The van der Waals surface area contributed by atoms with Gasteiger partial charge in [-0.05, 0) is 37.3 Å². The maximum Gasteiger partial charge on any atom is 0.241 e. The highest BCUT2D eigenvalue weighted by atomic mass is 32.2. The van der Waals surface area contributed by atoms with Gasteiger partial charge in [-0.2, -0.15) is 0 Å². The van der Waals surface area contributed by atoms with Gasteiger partial charge in [-0.25, -0.2) is 13.1 Å². The Morgan fingerprint density at radius 1 is 1.26 bits per heavy atom. The van der Waals surface area contributed by atoms with E-state index in [0.29, 0.717) is 37.1 Å². The Balaban J connectivity index is 1.73. The van der Waals surface area contributed by atoms with Crippen LogP contribution in [-0.2, 0) is 14.8 Å². The van der Waals surface area contributed by atoms with Gasteiger partial charge in [-0.15, -0.1) is 0 Å².